The standard InChI is InChI=1S/C18H31N3/c1-6-19-14(2)16-8-7-13-20-17(16)21(5)15-9-11-18(3,4)12-10-15/h7-8,13-15,19H,6,9-12H2,1-5H3. The van der Waals surface area contributed by atoms with Crippen molar-refractivity contribution in [2.24, 2.45) is 5.41 Å². The molecule has 3 nitrogen and oxygen atoms in total. The van der Waals surface area contributed by atoms with E-state index in [-0.39, 0.29) is 0 Å². The van der Waals surface area contributed by atoms with Gasteiger partial charge in [0.1, 0.15) is 5.82 Å². The van der Waals surface area contributed by atoms with Crippen LogP contribution in [0.1, 0.15) is 65.0 Å². The predicted octanol–water partition coefficient (Wildman–Crippen LogP) is 4.16. The average Bonchev–Trinajstić information content (AvgIpc) is 2.47. The molecule has 1 N–H and O–H groups in total. The highest BCUT2D eigenvalue weighted by atomic mass is 15.2. The van der Waals surface area contributed by atoms with Gasteiger partial charge in [0.2, 0.25) is 0 Å². The molecule has 1 heterocycles. The number of pyridine rings is 1. The maximum Gasteiger partial charge on any atom is 0.133 e. The van der Waals surface area contributed by atoms with E-state index in [0.29, 0.717) is 17.5 Å². The molecule has 1 aliphatic rings. The summed E-state index contributed by atoms with van der Waals surface area (Å²) in [6.07, 6.45) is 7.09. The first kappa shape index (κ1) is 16.3. The Morgan fingerprint density at radius 1 is 1.38 bits per heavy atom. The smallest absolute Gasteiger partial charge is 0.133 e. The molecular weight excluding hydrogens is 258 g/mol. The zero-order chi connectivity index (χ0) is 15.5. The van der Waals surface area contributed by atoms with Gasteiger partial charge in [0.05, 0.1) is 0 Å². The summed E-state index contributed by atoms with van der Waals surface area (Å²) in [7, 11) is 2.22. The van der Waals surface area contributed by atoms with Gasteiger partial charge in [0, 0.05) is 30.9 Å². The van der Waals surface area contributed by atoms with E-state index in [1.54, 1.807) is 0 Å². The van der Waals surface area contributed by atoms with Crippen LogP contribution in [0.25, 0.3) is 0 Å². The lowest BCUT2D eigenvalue weighted by atomic mass is 9.75. The molecule has 1 aromatic heterocycles. The van der Waals surface area contributed by atoms with Crippen LogP contribution in [0, 0.1) is 5.41 Å². The van der Waals surface area contributed by atoms with Gasteiger partial charge in [-0.15, -0.1) is 0 Å². The van der Waals surface area contributed by atoms with E-state index in [9.17, 15) is 0 Å². The Bertz CT molecular complexity index is 446. The second-order valence-corrected chi connectivity index (χ2v) is 7.20. The Labute approximate surface area is 130 Å². The molecule has 2 rings (SSSR count). The van der Waals surface area contributed by atoms with Crippen LogP contribution in [0.2, 0.25) is 0 Å². The highest BCUT2D eigenvalue weighted by Gasteiger charge is 2.30. The van der Waals surface area contributed by atoms with Crippen LogP contribution in [0.5, 0.6) is 0 Å². The number of hydrogen-bond acceptors (Lipinski definition) is 3. The van der Waals surface area contributed by atoms with Crippen molar-refractivity contribution in [1.29, 1.82) is 0 Å². The minimum Gasteiger partial charge on any atom is -0.356 e. The largest absolute Gasteiger partial charge is 0.356 e. The lowest BCUT2D eigenvalue weighted by Gasteiger charge is -2.40. The number of rotatable bonds is 5. The third-order valence-electron chi connectivity index (χ3n) is 4.98. The molecule has 0 aliphatic heterocycles. The van der Waals surface area contributed by atoms with Crippen molar-refractivity contribution in [3.63, 3.8) is 0 Å². The van der Waals surface area contributed by atoms with Gasteiger partial charge in [-0.25, -0.2) is 4.98 Å². The highest BCUT2D eigenvalue weighted by molar-refractivity contribution is 5.48. The zero-order valence-corrected chi connectivity index (χ0v) is 14.3. The summed E-state index contributed by atoms with van der Waals surface area (Å²) in [5.74, 6) is 1.15. The summed E-state index contributed by atoms with van der Waals surface area (Å²) >= 11 is 0. The van der Waals surface area contributed by atoms with Crippen molar-refractivity contribution >= 4 is 5.82 Å². The summed E-state index contributed by atoms with van der Waals surface area (Å²) in [5.41, 5.74) is 1.83. The summed E-state index contributed by atoms with van der Waals surface area (Å²) < 4.78 is 0. The van der Waals surface area contributed by atoms with Gasteiger partial charge in [0.25, 0.3) is 0 Å². The molecule has 1 saturated carbocycles. The van der Waals surface area contributed by atoms with Crippen molar-refractivity contribution in [2.75, 3.05) is 18.5 Å². The molecule has 0 saturated heterocycles. The third kappa shape index (κ3) is 3.97. The number of nitrogens with zero attached hydrogens (tertiary/aromatic N) is 2. The summed E-state index contributed by atoms with van der Waals surface area (Å²) in [6, 6.07) is 5.23. The first-order valence-corrected chi connectivity index (χ1v) is 8.36. The molecule has 1 aromatic rings. The van der Waals surface area contributed by atoms with E-state index >= 15 is 0 Å². The van der Waals surface area contributed by atoms with Gasteiger partial charge in [-0.1, -0.05) is 26.8 Å². The van der Waals surface area contributed by atoms with Crippen molar-refractivity contribution in [3.8, 4) is 0 Å². The van der Waals surface area contributed by atoms with Gasteiger partial charge in [0.15, 0.2) is 0 Å². The molecular formula is C18H31N3. The monoisotopic (exact) mass is 289 g/mol. The highest BCUT2D eigenvalue weighted by Crippen LogP contribution is 2.38. The number of anilines is 1. The fourth-order valence-electron chi connectivity index (χ4n) is 3.40. The van der Waals surface area contributed by atoms with E-state index in [1.807, 2.05) is 12.3 Å². The summed E-state index contributed by atoms with van der Waals surface area (Å²) in [6.45, 7) is 10.1. The Hall–Kier alpha value is -1.09. The van der Waals surface area contributed by atoms with Crippen LogP contribution >= 0.6 is 0 Å². The van der Waals surface area contributed by atoms with Crippen molar-refractivity contribution in [1.82, 2.24) is 10.3 Å². The predicted molar refractivity (Wildman–Crippen MR) is 90.8 cm³/mol. The van der Waals surface area contributed by atoms with Crippen molar-refractivity contribution < 1.29 is 0 Å². The number of nitrogens with one attached hydrogen (secondary N) is 1. The fraction of sp³-hybridized carbons (Fsp3) is 0.722. The van der Waals surface area contributed by atoms with Gasteiger partial charge < -0.3 is 10.2 Å². The first-order valence-electron chi connectivity index (χ1n) is 8.36. The quantitative estimate of drug-likeness (QED) is 0.882. The lowest BCUT2D eigenvalue weighted by Crippen LogP contribution is -2.38. The van der Waals surface area contributed by atoms with Gasteiger partial charge >= 0.3 is 0 Å². The Kier molecular flexibility index (Phi) is 5.26. The fourth-order valence-corrected chi connectivity index (χ4v) is 3.40. The molecule has 3 heteroatoms. The summed E-state index contributed by atoms with van der Waals surface area (Å²) in [4.78, 5) is 7.09. The maximum atomic E-state index is 4.68. The van der Waals surface area contributed by atoms with E-state index in [2.05, 4.69) is 56.0 Å². The van der Waals surface area contributed by atoms with Gasteiger partial charge in [-0.3, -0.25) is 0 Å². The Morgan fingerprint density at radius 2 is 2.05 bits per heavy atom. The molecule has 118 valence electrons. The molecule has 0 aromatic carbocycles. The molecule has 1 unspecified atom stereocenters. The van der Waals surface area contributed by atoms with Crippen LogP contribution in [0.4, 0.5) is 5.82 Å². The van der Waals surface area contributed by atoms with E-state index in [4.69, 9.17) is 0 Å². The Morgan fingerprint density at radius 3 is 2.67 bits per heavy atom. The van der Waals surface area contributed by atoms with Gasteiger partial charge in [-0.2, -0.15) is 0 Å². The van der Waals surface area contributed by atoms with Gasteiger partial charge in [-0.05, 0) is 50.6 Å². The SMILES string of the molecule is CCNC(C)c1cccnc1N(C)C1CCC(C)(C)CC1. The molecule has 1 fully saturated rings. The molecule has 0 spiro atoms. The van der Waals surface area contributed by atoms with E-state index in [0.717, 1.165) is 12.4 Å². The van der Waals surface area contributed by atoms with Crippen LogP contribution < -0.4 is 10.2 Å². The average molecular weight is 289 g/mol. The maximum absolute atomic E-state index is 4.68. The minimum absolute atomic E-state index is 0.348. The molecule has 1 atom stereocenters. The van der Waals surface area contributed by atoms with E-state index in [1.165, 1.54) is 31.2 Å². The number of hydrogen-bond donors (Lipinski definition) is 1. The second kappa shape index (κ2) is 6.78. The normalized spacial score (nSPS) is 20.2. The van der Waals surface area contributed by atoms with Crippen LogP contribution in [-0.2, 0) is 0 Å². The molecule has 0 bridgehead atoms. The molecule has 21 heavy (non-hydrogen) atoms. The Balaban J connectivity index is 2.14. The lowest BCUT2D eigenvalue weighted by molar-refractivity contribution is 0.222. The zero-order valence-electron chi connectivity index (χ0n) is 14.3. The molecule has 0 amide bonds. The number of aromatic nitrogens is 1. The molecule has 0 radical (unpaired) electrons. The van der Waals surface area contributed by atoms with Crippen LogP contribution in [0.3, 0.4) is 0 Å². The van der Waals surface area contributed by atoms with E-state index < -0.39 is 0 Å². The van der Waals surface area contributed by atoms with Crippen molar-refractivity contribution in [3.05, 3.63) is 23.9 Å². The minimum atomic E-state index is 0.348. The molecule has 1 aliphatic carbocycles. The third-order valence-corrected chi connectivity index (χ3v) is 4.98. The second-order valence-electron chi connectivity index (χ2n) is 7.20. The van der Waals surface area contributed by atoms with Crippen LogP contribution in [0.15, 0.2) is 18.3 Å². The van der Waals surface area contributed by atoms with Crippen LogP contribution in [-0.4, -0.2) is 24.6 Å². The van der Waals surface area contributed by atoms with Crippen molar-refractivity contribution in [2.45, 2.75) is 65.5 Å². The first-order chi connectivity index (χ1) is 9.94. The topological polar surface area (TPSA) is 28.2 Å². The summed E-state index contributed by atoms with van der Waals surface area (Å²) in [5, 5.41) is 3.51.